The number of aromatic nitrogens is 2. The predicted octanol–water partition coefficient (Wildman–Crippen LogP) is 4.05. The van der Waals surface area contributed by atoms with Crippen molar-refractivity contribution in [2.45, 2.75) is 19.4 Å². The summed E-state index contributed by atoms with van der Waals surface area (Å²) >= 11 is 1.53. The molecule has 1 aliphatic heterocycles. The van der Waals surface area contributed by atoms with Crippen molar-refractivity contribution in [3.63, 3.8) is 0 Å². The Morgan fingerprint density at radius 3 is 2.74 bits per heavy atom. The van der Waals surface area contributed by atoms with Gasteiger partial charge in [0.25, 0.3) is 0 Å². The fourth-order valence-corrected chi connectivity index (χ4v) is 4.17. The van der Waals surface area contributed by atoms with E-state index in [0.29, 0.717) is 0 Å². The molecule has 4 rings (SSSR count). The minimum Gasteiger partial charge on any atom is -0.316 e. The van der Waals surface area contributed by atoms with E-state index in [-0.39, 0.29) is 0 Å². The van der Waals surface area contributed by atoms with Crippen LogP contribution < -0.4 is 10.2 Å². The topological polar surface area (TPSA) is 92.0 Å². The number of nitrogens with zero attached hydrogens (tertiary/aromatic N) is 4. The summed E-state index contributed by atoms with van der Waals surface area (Å²) in [6.45, 7) is 3.31. The lowest BCUT2D eigenvalue weighted by atomic mass is 10.2. The summed E-state index contributed by atoms with van der Waals surface area (Å²) in [6.07, 6.45) is 6.65. The van der Waals surface area contributed by atoms with E-state index in [2.05, 4.69) is 32.3 Å². The predicted molar refractivity (Wildman–Crippen MR) is 112 cm³/mol. The van der Waals surface area contributed by atoms with Crippen LogP contribution in [0.4, 0.5) is 16.6 Å². The van der Waals surface area contributed by atoms with Gasteiger partial charge in [-0.15, -0.1) is 0 Å². The third-order valence-electron chi connectivity index (χ3n) is 4.61. The van der Waals surface area contributed by atoms with Crippen molar-refractivity contribution in [1.29, 1.82) is 10.8 Å². The number of hydrogen-bond acceptors (Lipinski definition) is 7. The molecule has 2 aromatic heterocycles. The van der Waals surface area contributed by atoms with Crippen LogP contribution in [-0.2, 0) is 6.54 Å². The van der Waals surface area contributed by atoms with E-state index >= 15 is 0 Å². The maximum atomic E-state index is 7.37. The quantitative estimate of drug-likeness (QED) is 0.425. The molecule has 0 saturated carbocycles. The van der Waals surface area contributed by atoms with E-state index in [4.69, 9.17) is 10.8 Å². The standard InChI is InChI=1S/C19H21N7S/c20-12-26(13-21)15-3-4-16-17(10-15)27-19(23-16)24-18-9-14(5-6-22-18)11-25-7-1-2-8-25/h3-6,9-10,12-13,20-21H,1-2,7-8,11H2,(H,22,23,24). The number of hydrogen-bond donors (Lipinski definition) is 3. The smallest absolute Gasteiger partial charge is 0.189 e. The molecule has 0 amide bonds. The maximum absolute atomic E-state index is 7.37. The lowest BCUT2D eigenvalue weighted by Crippen LogP contribution is -2.18. The second kappa shape index (κ2) is 7.81. The zero-order chi connectivity index (χ0) is 18.6. The van der Waals surface area contributed by atoms with Crippen molar-refractivity contribution < 1.29 is 0 Å². The van der Waals surface area contributed by atoms with Gasteiger partial charge in [0.15, 0.2) is 5.13 Å². The molecule has 7 nitrogen and oxygen atoms in total. The molecule has 1 aliphatic rings. The number of likely N-dealkylation sites (tertiary alicyclic amines) is 1. The van der Waals surface area contributed by atoms with Crippen LogP contribution in [0, 0.1) is 10.8 Å². The number of rotatable bonds is 7. The molecule has 0 aliphatic carbocycles. The normalized spacial score (nSPS) is 14.4. The number of fused-ring (bicyclic) bond motifs is 1. The Hall–Kier alpha value is -2.84. The Morgan fingerprint density at radius 2 is 1.96 bits per heavy atom. The van der Waals surface area contributed by atoms with Crippen LogP contribution >= 0.6 is 11.3 Å². The van der Waals surface area contributed by atoms with Gasteiger partial charge in [-0.05, 0) is 61.8 Å². The maximum Gasteiger partial charge on any atom is 0.189 e. The largest absolute Gasteiger partial charge is 0.316 e. The molecule has 3 aromatic rings. The van der Waals surface area contributed by atoms with E-state index in [1.807, 2.05) is 24.4 Å². The Morgan fingerprint density at radius 1 is 1.15 bits per heavy atom. The molecule has 1 fully saturated rings. The Balaban J connectivity index is 1.52. The minimum absolute atomic E-state index is 0.772. The Labute approximate surface area is 161 Å². The zero-order valence-electron chi connectivity index (χ0n) is 14.9. The van der Waals surface area contributed by atoms with Gasteiger partial charge >= 0.3 is 0 Å². The summed E-state index contributed by atoms with van der Waals surface area (Å²) in [7, 11) is 0. The molecule has 138 valence electrons. The van der Waals surface area contributed by atoms with Gasteiger partial charge in [0, 0.05) is 18.4 Å². The van der Waals surface area contributed by atoms with Crippen molar-refractivity contribution >= 4 is 50.9 Å². The van der Waals surface area contributed by atoms with Gasteiger partial charge in [-0.2, -0.15) is 0 Å². The fraction of sp³-hybridized carbons (Fsp3) is 0.263. The molecule has 3 heterocycles. The van der Waals surface area contributed by atoms with Gasteiger partial charge in [-0.1, -0.05) is 11.3 Å². The molecule has 27 heavy (non-hydrogen) atoms. The molecular weight excluding hydrogens is 358 g/mol. The van der Waals surface area contributed by atoms with Gasteiger partial charge in [0.05, 0.1) is 22.9 Å². The number of thiazole rings is 1. The van der Waals surface area contributed by atoms with Crippen molar-refractivity contribution in [3.05, 3.63) is 42.1 Å². The number of pyridine rings is 1. The summed E-state index contributed by atoms with van der Waals surface area (Å²) in [5, 5.41) is 18.8. The van der Waals surface area contributed by atoms with Crippen LogP contribution in [0.25, 0.3) is 10.2 Å². The van der Waals surface area contributed by atoms with E-state index in [1.54, 1.807) is 0 Å². The average Bonchev–Trinajstić information content (AvgIpc) is 3.32. The van der Waals surface area contributed by atoms with Crippen LogP contribution in [-0.4, -0.2) is 40.6 Å². The van der Waals surface area contributed by atoms with Crippen LogP contribution in [0.15, 0.2) is 36.5 Å². The molecular formula is C19H21N7S. The van der Waals surface area contributed by atoms with Crippen molar-refractivity contribution in [1.82, 2.24) is 14.9 Å². The molecule has 0 atom stereocenters. The summed E-state index contributed by atoms with van der Waals surface area (Å²) < 4.78 is 0.997. The average molecular weight is 379 g/mol. The minimum atomic E-state index is 0.772. The van der Waals surface area contributed by atoms with Gasteiger partial charge in [-0.25, -0.2) is 9.97 Å². The molecule has 8 heteroatoms. The third kappa shape index (κ3) is 3.96. The van der Waals surface area contributed by atoms with E-state index < -0.39 is 0 Å². The van der Waals surface area contributed by atoms with E-state index in [9.17, 15) is 0 Å². The third-order valence-corrected chi connectivity index (χ3v) is 5.55. The molecule has 1 saturated heterocycles. The SMILES string of the molecule is N=CN(C=N)c1ccc2nc(Nc3cc(CN4CCCC4)ccn3)sc2c1. The van der Waals surface area contributed by atoms with Crippen molar-refractivity contribution in [3.8, 4) is 0 Å². The lowest BCUT2D eigenvalue weighted by Gasteiger charge is -2.14. The zero-order valence-corrected chi connectivity index (χ0v) is 15.7. The summed E-state index contributed by atoms with van der Waals surface area (Å²) in [5.41, 5.74) is 2.91. The lowest BCUT2D eigenvalue weighted by molar-refractivity contribution is 0.331. The fourth-order valence-electron chi connectivity index (χ4n) is 3.26. The van der Waals surface area contributed by atoms with Gasteiger partial charge in [0.2, 0.25) is 0 Å². The number of nitrogens with one attached hydrogen (secondary N) is 3. The molecule has 1 aromatic carbocycles. The molecule has 0 radical (unpaired) electrons. The molecule has 3 N–H and O–H groups in total. The molecule has 0 spiro atoms. The second-order valence-corrected chi connectivity index (χ2v) is 7.52. The highest BCUT2D eigenvalue weighted by Gasteiger charge is 2.12. The van der Waals surface area contributed by atoms with Crippen LogP contribution in [0.3, 0.4) is 0 Å². The highest BCUT2D eigenvalue weighted by molar-refractivity contribution is 7.22. The first kappa shape index (κ1) is 17.6. The highest BCUT2D eigenvalue weighted by atomic mass is 32.1. The van der Waals surface area contributed by atoms with Gasteiger partial charge in [-0.3, -0.25) is 20.6 Å². The van der Waals surface area contributed by atoms with Crippen LogP contribution in [0.1, 0.15) is 18.4 Å². The number of benzene rings is 1. The van der Waals surface area contributed by atoms with Crippen LogP contribution in [0.2, 0.25) is 0 Å². The van der Waals surface area contributed by atoms with Crippen LogP contribution in [0.5, 0.6) is 0 Å². The summed E-state index contributed by atoms with van der Waals surface area (Å²) in [5.74, 6) is 0.798. The number of anilines is 3. The first-order chi connectivity index (χ1) is 13.2. The van der Waals surface area contributed by atoms with E-state index in [0.717, 1.165) is 46.1 Å². The molecule has 0 bridgehead atoms. The molecule has 0 unspecified atom stereocenters. The second-order valence-electron chi connectivity index (χ2n) is 6.49. The Bertz CT molecular complexity index is 954. The van der Waals surface area contributed by atoms with Crippen molar-refractivity contribution in [2.75, 3.05) is 23.3 Å². The Kier molecular flexibility index (Phi) is 5.08. The summed E-state index contributed by atoms with van der Waals surface area (Å²) in [4.78, 5) is 12.9. The van der Waals surface area contributed by atoms with Gasteiger partial charge < -0.3 is 5.32 Å². The van der Waals surface area contributed by atoms with Gasteiger partial charge in [0.1, 0.15) is 5.82 Å². The summed E-state index contributed by atoms with van der Waals surface area (Å²) in [6, 6.07) is 9.85. The first-order valence-corrected chi connectivity index (χ1v) is 9.71. The van der Waals surface area contributed by atoms with Crippen molar-refractivity contribution in [2.24, 2.45) is 0 Å². The highest BCUT2D eigenvalue weighted by Crippen LogP contribution is 2.30. The monoisotopic (exact) mass is 379 g/mol. The van der Waals surface area contributed by atoms with E-state index in [1.165, 1.54) is 47.7 Å². The first-order valence-electron chi connectivity index (χ1n) is 8.89.